The Balaban J connectivity index is 1.83. The predicted octanol–water partition coefficient (Wildman–Crippen LogP) is 0.658. The topological polar surface area (TPSA) is 87.9 Å². The number of aromatic amines is 1. The lowest BCUT2D eigenvalue weighted by atomic mass is 9.79. The molecule has 1 aliphatic rings. The van der Waals surface area contributed by atoms with Gasteiger partial charge in [0.15, 0.2) is 0 Å². The normalized spacial score (nSPS) is 22.7. The van der Waals surface area contributed by atoms with Crippen molar-refractivity contribution in [1.82, 2.24) is 15.0 Å². The molecule has 0 saturated heterocycles. The molecule has 2 heterocycles. The molecule has 6 nitrogen and oxygen atoms in total. The monoisotopic (exact) mass is 245 g/mol. The molecular formula is C12H15N5O. The number of amides is 1. The standard InChI is InChI=1S/C12H15N5O/c1-17(8-4-7(5-8)10(13)18)12-9-2-3-14-11(9)15-6-16-12/h2-3,6-8H,4-5H2,1H3,(H2,13,18)(H,14,15,16)/t7-,8+. The highest BCUT2D eigenvalue weighted by Crippen LogP contribution is 2.34. The van der Waals surface area contributed by atoms with Gasteiger partial charge in [0.1, 0.15) is 17.8 Å². The first kappa shape index (κ1) is 11.0. The van der Waals surface area contributed by atoms with Crippen LogP contribution in [0.15, 0.2) is 18.6 Å². The van der Waals surface area contributed by atoms with Crippen LogP contribution in [0.4, 0.5) is 5.82 Å². The zero-order valence-corrected chi connectivity index (χ0v) is 10.1. The number of H-pyrrole nitrogens is 1. The minimum atomic E-state index is -0.200. The van der Waals surface area contributed by atoms with Crippen LogP contribution in [0.5, 0.6) is 0 Å². The molecule has 0 bridgehead atoms. The van der Waals surface area contributed by atoms with Crippen LogP contribution >= 0.6 is 0 Å². The van der Waals surface area contributed by atoms with E-state index in [0.717, 1.165) is 29.7 Å². The summed E-state index contributed by atoms with van der Waals surface area (Å²) >= 11 is 0. The van der Waals surface area contributed by atoms with Crippen LogP contribution in [0.3, 0.4) is 0 Å². The molecule has 0 aromatic carbocycles. The summed E-state index contributed by atoms with van der Waals surface area (Å²) in [5.41, 5.74) is 6.12. The SMILES string of the molecule is CN(c1ncnc2[nH]ccc12)[C@H]1C[C@@H](C(N)=O)C1. The Morgan fingerprint density at radius 3 is 3.00 bits per heavy atom. The van der Waals surface area contributed by atoms with E-state index in [1.54, 1.807) is 6.33 Å². The largest absolute Gasteiger partial charge is 0.369 e. The van der Waals surface area contributed by atoms with Crippen molar-refractivity contribution in [3.8, 4) is 0 Å². The fraction of sp³-hybridized carbons (Fsp3) is 0.417. The van der Waals surface area contributed by atoms with Crippen molar-refractivity contribution in [2.75, 3.05) is 11.9 Å². The summed E-state index contributed by atoms with van der Waals surface area (Å²) in [4.78, 5) is 24.7. The maximum Gasteiger partial charge on any atom is 0.220 e. The first-order valence-electron chi connectivity index (χ1n) is 5.97. The molecule has 1 amide bonds. The molecule has 2 aromatic rings. The zero-order valence-electron chi connectivity index (χ0n) is 10.1. The third-order valence-corrected chi connectivity index (χ3v) is 3.73. The summed E-state index contributed by atoms with van der Waals surface area (Å²) in [7, 11) is 2.00. The van der Waals surface area contributed by atoms with Crippen LogP contribution in [0.1, 0.15) is 12.8 Å². The number of nitrogens with one attached hydrogen (secondary N) is 1. The highest BCUT2D eigenvalue weighted by molar-refractivity contribution is 5.87. The molecule has 18 heavy (non-hydrogen) atoms. The van der Waals surface area contributed by atoms with Crippen LogP contribution in [-0.4, -0.2) is 33.9 Å². The molecule has 0 spiro atoms. The van der Waals surface area contributed by atoms with Crippen LogP contribution in [0, 0.1) is 5.92 Å². The van der Waals surface area contributed by atoms with E-state index in [9.17, 15) is 4.79 Å². The Morgan fingerprint density at radius 1 is 1.50 bits per heavy atom. The number of aromatic nitrogens is 3. The Kier molecular flexibility index (Phi) is 2.43. The highest BCUT2D eigenvalue weighted by Gasteiger charge is 2.36. The van der Waals surface area contributed by atoms with Gasteiger partial charge in [-0.15, -0.1) is 0 Å². The van der Waals surface area contributed by atoms with Crippen molar-refractivity contribution in [2.45, 2.75) is 18.9 Å². The van der Waals surface area contributed by atoms with Gasteiger partial charge in [-0.3, -0.25) is 4.79 Å². The van der Waals surface area contributed by atoms with Crippen LogP contribution in [-0.2, 0) is 4.79 Å². The molecule has 0 atom stereocenters. The molecule has 1 aliphatic carbocycles. The van der Waals surface area contributed by atoms with E-state index in [2.05, 4.69) is 19.9 Å². The molecule has 1 fully saturated rings. The first-order chi connectivity index (χ1) is 8.66. The van der Waals surface area contributed by atoms with Crippen LogP contribution in [0.2, 0.25) is 0 Å². The van der Waals surface area contributed by atoms with Gasteiger partial charge in [-0.05, 0) is 18.9 Å². The summed E-state index contributed by atoms with van der Waals surface area (Å²) in [5, 5.41) is 1.00. The fourth-order valence-electron chi connectivity index (χ4n) is 2.45. The van der Waals surface area contributed by atoms with E-state index >= 15 is 0 Å². The van der Waals surface area contributed by atoms with Crippen molar-refractivity contribution in [1.29, 1.82) is 0 Å². The number of rotatable bonds is 3. The maximum atomic E-state index is 11.0. The van der Waals surface area contributed by atoms with E-state index < -0.39 is 0 Å². The van der Waals surface area contributed by atoms with E-state index in [0.29, 0.717) is 6.04 Å². The van der Waals surface area contributed by atoms with Gasteiger partial charge in [-0.25, -0.2) is 9.97 Å². The zero-order chi connectivity index (χ0) is 12.7. The van der Waals surface area contributed by atoms with Crippen molar-refractivity contribution in [3.63, 3.8) is 0 Å². The van der Waals surface area contributed by atoms with Gasteiger partial charge < -0.3 is 15.6 Å². The van der Waals surface area contributed by atoms with Gasteiger partial charge in [0, 0.05) is 25.2 Å². The molecule has 3 rings (SSSR count). The second-order valence-electron chi connectivity index (χ2n) is 4.77. The summed E-state index contributed by atoms with van der Waals surface area (Å²) in [6, 6.07) is 2.29. The van der Waals surface area contributed by atoms with Crippen molar-refractivity contribution < 1.29 is 4.79 Å². The molecule has 2 aromatic heterocycles. The number of hydrogen-bond donors (Lipinski definition) is 2. The number of nitrogens with zero attached hydrogens (tertiary/aromatic N) is 3. The maximum absolute atomic E-state index is 11.0. The second kappa shape index (κ2) is 3.97. The number of carbonyl (C=O) groups is 1. The predicted molar refractivity (Wildman–Crippen MR) is 68.0 cm³/mol. The lowest BCUT2D eigenvalue weighted by molar-refractivity contribution is -0.124. The van der Waals surface area contributed by atoms with E-state index in [1.165, 1.54) is 0 Å². The van der Waals surface area contributed by atoms with Gasteiger partial charge in [0.25, 0.3) is 0 Å². The number of hydrogen-bond acceptors (Lipinski definition) is 4. The molecule has 94 valence electrons. The average Bonchev–Trinajstić information content (AvgIpc) is 2.73. The molecule has 0 aliphatic heterocycles. The molecule has 3 N–H and O–H groups in total. The number of nitrogens with two attached hydrogens (primary N) is 1. The van der Waals surface area contributed by atoms with Gasteiger partial charge in [0.05, 0.1) is 5.39 Å². The molecule has 6 heteroatoms. The van der Waals surface area contributed by atoms with E-state index in [4.69, 9.17) is 5.73 Å². The highest BCUT2D eigenvalue weighted by atomic mass is 16.1. The quantitative estimate of drug-likeness (QED) is 0.831. The van der Waals surface area contributed by atoms with Gasteiger partial charge >= 0.3 is 0 Å². The Bertz CT molecular complexity index is 587. The minimum absolute atomic E-state index is 0.0148. The fourth-order valence-corrected chi connectivity index (χ4v) is 2.45. The summed E-state index contributed by atoms with van der Waals surface area (Å²) in [6.45, 7) is 0. The molecule has 0 radical (unpaired) electrons. The molecule has 0 unspecified atom stereocenters. The average molecular weight is 245 g/mol. The Labute approximate surface area is 104 Å². The van der Waals surface area contributed by atoms with Gasteiger partial charge in [-0.2, -0.15) is 0 Å². The summed E-state index contributed by atoms with van der Waals surface area (Å²) < 4.78 is 0. The summed E-state index contributed by atoms with van der Waals surface area (Å²) in [6.07, 6.45) is 5.02. The van der Waals surface area contributed by atoms with Crippen molar-refractivity contribution in [2.24, 2.45) is 11.7 Å². The van der Waals surface area contributed by atoms with Gasteiger partial charge in [0.2, 0.25) is 5.91 Å². The van der Waals surface area contributed by atoms with Crippen LogP contribution in [0.25, 0.3) is 11.0 Å². The number of primary amides is 1. The van der Waals surface area contributed by atoms with Gasteiger partial charge in [-0.1, -0.05) is 0 Å². The van der Waals surface area contributed by atoms with Crippen LogP contribution < -0.4 is 10.6 Å². The van der Waals surface area contributed by atoms with Crippen molar-refractivity contribution in [3.05, 3.63) is 18.6 Å². The minimum Gasteiger partial charge on any atom is -0.369 e. The lowest BCUT2D eigenvalue weighted by Gasteiger charge is -2.40. The Hall–Kier alpha value is -2.11. The summed E-state index contributed by atoms with van der Waals surface area (Å²) in [5.74, 6) is 0.712. The van der Waals surface area contributed by atoms with Crippen molar-refractivity contribution >= 4 is 22.8 Å². The van der Waals surface area contributed by atoms with E-state index in [1.807, 2.05) is 19.3 Å². The number of anilines is 1. The molecule has 1 saturated carbocycles. The second-order valence-corrected chi connectivity index (χ2v) is 4.77. The Morgan fingerprint density at radius 2 is 2.28 bits per heavy atom. The lowest BCUT2D eigenvalue weighted by Crippen LogP contribution is -2.47. The van der Waals surface area contributed by atoms with E-state index in [-0.39, 0.29) is 11.8 Å². The number of fused-ring (bicyclic) bond motifs is 1. The molecular weight excluding hydrogens is 230 g/mol. The first-order valence-corrected chi connectivity index (χ1v) is 5.97. The third-order valence-electron chi connectivity index (χ3n) is 3.73. The number of carbonyl (C=O) groups excluding carboxylic acids is 1. The third kappa shape index (κ3) is 1.61. The smallest absolute Gasteiger partial charge is 0.220 e.